The number of halogens is 1. The number of aliphatic hydroxyl groups is 1. The van der Waals surface area contributed by atoms with Crippen molar-refractivity contribution in [2.45, 2.75) is 19.6 Å². The van der Waals surface area contributed by atoms with Crippen molar-refractivity contribution in [3.8, 4) is 5.75 Å². The summed E-state index contributed by atoms with van der Waals surface area (Å²) in [5.41, 5.74) is 2.77. The zero-order chi connectivity index (χ0) is 21.1. The van der Waals surface area contributed by atoms with E-state index in [4.69, 9.17) is 16.3 Å². The van der Waals surface area contributed by atoms with Crippen molar-refractivity contribution in [2.75, 3.05) is 6.61 Å². The molecule has 0 bridgehead atoms. The third kappa shape index (κ3) is 4.00. The maximum absolute atomic E-state index is 13.0. The van der Waals surface area contributed by atoms with Crippen LogP contribution in [0.3, 0.4) is 0 Å². The van der Waals surface area contributed by atoms with E-state index in [2.05, 4.69) is 19.9 Å². The highest BCUT2D eigenvalue weighted by molar-refractivity contribution is 7.10. The number of carbonyl (C=O) groups is 1. The van der Waals surface area contributed by atoms with Gasteiger partial charge in [0, 0.05) is 17.7 Å². The van der Waals surface area contributed by atoms with Crippen LogP contribution in [0.15, 0.2) is 48.7 Å². The number of benzene rings is 1. The molecule has 0 aliphatic rings. The van der Waals surface area contributed by atoms with E-state index >= 15 is 0 Å². The monoisotopic (exact) mass is 443 g/mol. The molecule has 2 N–H and O–H groups in total. The van der Waals surface area contributed by atoms with E-state index in [1.807, 2.05) is 30.3 Å². The van der Waals surface area contributed by atoms with Crippen molar-refractivity contribution in [3.63, 3.8) is 0 Å². The van der Waals surface area contributed by atoms with Gasteiger partial charge in [-0.2, -0.15) is 0 Å². The first kappa shape index (κ1) is 20.3. The topological polar surface area (TPSA) is 102 Å². The molecule has 0 spiro atoms. The second kappa shape index (κ2) is 8.78. The van der Waals surface area contributed by atoms with E-state index in [9.17, 15) is 9.90 Å². The average molecular weight is 444 g/mol. The Balaban J connectivity index is 1.60. The predicted molar refractivity (Wildman–Crippen MR) is 113 cm³/mol. The van der Waals surface area contributed by atoms with E-state index in [1.165, 1.54) is 0 Å². The van der Waals surface area contributed by atoms with Crippen molar-refractivity contribution in [2.24, 2.45) is 0 Å². The Labute approximate surface area is 181 Å². The number of aromatic nitrogens is 4. The van der Waals surface area contributed by atoms with Gasteiger partial charge in [-0.25, -0.2) is 4.98 Å². The van der Waals surface area contributed by atoms with Gasteiger partial charge in [-0.1, -0.05) is 46.4 Å². The van der Waals surface area contributed by atoms with Crippen LogP contribution in [0.1, 0.15) is 33.5 Å². The summed E-state index contributed by atoms with van der Waals surface area (Å²) in [6, 6.07) is 12.3. The number of carbonyl (C=O) groups excluding carboxylic acids is 1. The largest absolute Gasteiger partial charge is 0.483 e. The molecule has 0 unspecified atom stereocenters. The maximum Gasteiger partial charge on any atom is 0.270 e. The number of imidazole rings is 1. The number of amides is 1. The molecule has 0 radical (unpaired) electrons. The first-order valence-electron chi connectivity index (χ1n) is 9.12. The zero-order valence-electron chi connectivity index (χ0n) is 15.9. The smallest absolute Gasteiger partial charge is 0.270 e. The molecule has 0 aliphatic heterocycles. The van der Waals surface area contributed by atoms with Gasteiger partial charge in [0.1, 0.15) is 22.3 Å². The predicted octanol–water partition coefficient (Wildman–Crippen LogP) is 3.19. The molecule has 3 heterocycles. The van der Waals surface area contributed by atoms with Crippen molar-refractivity contribution in [3.05, 3.63) is 75.6 Å². The fourth-order valence-corrected chi connectivity index (χ4v) is 3.72. The molecule has 4 rings (SSSR count). The van der Waals surface area contributed by atoms with Crippen LogP contribution in [0, 0.1) is 6.92 Å². The quantitative estimate of drug-likeness (QED) is 0.455. The van der Waals surface area contributed by atoms with Crippen molar-refractivity contribution in [1.29, 1.82) is 0 Å². The first-order valence-corrected chi connectivity index (χ1v) is 10.3. The minimum absolute atomic E-state index is 0.142. The van der Waals surface area contributed by atoms with E-state index in [-0.39, 0.29) is 19.1 Å². The number of hydrogen-bond acceptors (Lipinski definition) is 7. The molecule has 0 saturated carbocycles. The molecule has 3 aromatic heterocycles. The molecule has 1 atom stereocenters. The third-order valence-corrected chi connectivity index (χ3v) is 5.55. The Kier molecular flexibility index (Phi) is 5.93. The SMILES string of the molecule is Cc1nc2c(OCc3nnsc3Cl)cccn2c1C(=O)N[C@@H](CO)c1ccccc1. The molecular formula is C20H18ClN5O3S. The lowest BCUT2D eigenvalue weighted by atomic mass is 10.1. The Hall–Kier alpha value is -3.01. The van der Waals surface area contributed by atoms with Crippen molar-refractivity contribution < 1.29 is 14.6 Å². The number of hydrogen-bond donors (Lipinski definition) is 2. The second-order valence-corrected chi connectivity index (χ2v) is 7.87. The van der Waals surface area contributed by atoms with Gasteiger partial charge in [0.15, 0.2) is 11.4 Å². The van der Waals surface area contributed by atoms with E-state index in [1.54, 1.807) is 29.7 Å². The highest BCUT2D eigenvalue weighted by atomic mass is 35.5. The summed E-state index contributed by atoms with van der Waals surface area (Å²) in [5, 5.41) is 16.6. The van der Waals surface area contributed by atoms with Crippen LogP contribution < -0.4 is 10.1 Å². The average Bonchev–Trinajstić information content (AvgIpc) is 3.33. The molecule has 10 heteroatoms. The number of ether oxygens (including phenoxy) is 1. The summed E-state index contributed by atoms with van der Waals surface area (Å²) >= 11 is 7.12. The molecule has 8 nitrogen and oxygen atoms in total. The minimum atomic E-state index is -0.526. The van der Waals surface area contributed by atoms with Gasteiger partial charge in [-0.3, -0.25) is 9.20 Å². The maximum atomic E-state index is 13.0. The summed E-state index contributed by atoms with van der Waals surface area (Å²) in [6.45, 7) is 1.68. The Bertz CT molecular complexity index is 1180. The number of aliphatic hydroxyl groups excluding tert-OH is 1. The normalized spacial score (nSPS) is 12.1. The number of rotatable bonds is 7. The van der Waals surface area contributed by atoms with E-state index in [0.717, 1.165) is 17.1 Å². The minimum Gasteiger partial charge on any atom is -0.483 e. The van der Waals surface area contributed by atoms with Gasteiger partial charge in [-0.05, 0) is 24.6 Å². The van der Waals surface area contributed by atoms with Crippen LogP contribution in [0.5, 0.6) is 5.75 Å². The number of fused-ring (bicyclic) bond motifs is 1. The highest BCUT2D eigenvalue weighted by Gasteiger charge is 2.22. The third-order valence-electron chi connectivity index (χ3n) is 4.57. The van der Waals surface area contributed by atoms with Crippen LogP contribution in [-0.2, 0) is 6.61 Å². The van der Waals surface area contributed by atoms with E-state index < -0.39 is 6.04 Å². The van der Waals surface area contributed by atoms with Crippen LogP contribution in [0.25, 0.3) is 5.65 Å². The summed E-state index contributed by atoms with van der Waals surface area (Å²) in [7, 11) is 0. The van der Waals surface area contributed by atoms with E-state index in [0.29, 0.717) is 32.8 Å². The number of aryl methyl sites for hydroxylation is 1. The summed E-state index contributed by atoms with van der Waals surface area (Å²) in [5.74, 6) is 0.150. The molecule has 0 aliphatic carbocycles. The van der Waals surface area contributed by atoms with Gasteiger partial charge in [0.25, 0.3) is 5.91 Å². The zero-order valence-corrected chi connectivity index (χ0v) is 17.5. The van der Waals surface area contributed by atoms with Gasteiger partial charge >= 0.3 is 0 Å². The second-order valence-electron chi connectivity index (χ2n) is 6.51. The molecular weight excluding hydrogens is 426 g/mol. The molecule has 4 aromatic rings. The number of pyridine rings is 1. The fraction of sp³-hybridized carbons (Fsp3) is 0.200. The van der Waals surface area contributed by atoms with Gasteiger partial charge in [0.2, 0.25) is 0 Å². The Morgan fingerprint density at radius 1 is 1.30 bits per heavy atom. The Morgan fingerprint density at radius 2 is 2.10 bits per heavy atom. The summed E-state index contributed by atoms with van der Waals surface area (Å²) in [6.07, 6.45) is 1.74. The molecule has 1 amide bonds. The standard InChI is InChI=1S/C20H18ClN5O3S/c1-12-17(20(28)23-14(10-27)13-6-3-2-4-7-13)26-9-5-8-16(19(26)22-12)29-11-15-18(21)30-25-24-15/h2-9,14,27H,10-11H2,1H3,(H,23,28)/t14-/m0/s1. The Morgan fingerprint density at radius 3 is 2.80 bits per heavy atom. The highest BCUT2D eigenvalue weighted by Crippen LogP contribution is 2.25. The van der Waals surface area contributed by atoms with Crippen LogP contribution >= 0.6 is 23.1 Å². The van der Waals surface area contributed by atoms with Crippen LogP contribution in [-0.4, -0.2) is 36.6 Å². The molecule has 0 fully saturated rings. The van der Waals surface area contributed by atoms with Gasteiger partial charge in [0.05, 0.1) is 18.3 Å². The van der Waals surface area contributed by atoms with Crippen molar-refractivity contribution >= 4 is 34.7 Å². The lowest BCUT2D eigenvalue weighted by Crippen LogP contribution is -2.32. The number of nitrogens with zero attached hydrogens (tertiary/aromatic N) is 4. The molecule has 0 saturated heterocycles. The van der Waals surface area contributed by atoms with Crippen LogP contribution in [0.2, 0.25) is 4.34 Å². The summed E-state index contributed by atoms with van der Waals surface area (Å²) in [4.78, 5) is 17.5. The number of nitrogens with one attached hydrogen (secondary N) is 1. The summed E-state index contributed by atoms with van der Waals surface area (Å²) < 4.78 is 11.7. The lowest BCUT2D eigenvalue weighted by Gasteiger charge is -2.17. The van der Waals surface area contributed by atoms with Gasteiger partial charge < -0.3 is 15.2 Å². The van der Waals surface area contributed by atoms with Crippen molar-refractivity contribution in [1.82, 2.24) is 24.3 Å². The molecule has 1 aromatic carbocycles. The van der Waals surface area contributed by atoms with Crippen LogP contribution in [0.4, 0.5) is 0 Å². The van der Waals surface area contributed by atoms with Gasteiger partial charge in [-0.15, -0.1) is 5.10 Å². The molecule has 30 heavy (non-hydrogen) atoms. The molecule has 154 valence electrons. The first-order chi connectivity index (χ1) is 14.6. The fourth-order valence-electron chi connectivity index (χ4n) is 3.12. The lowest BCUT2D eigenvalue weighted by molar-refractivity contribution is 0.0909.